The Kier molecular flexibility index (Phi) is 5.94. The van der Waals surface area contributed by atoms with E-state index in [1.807, 2.05) is 0 Å². The summed E-state index contributed by atoms with van der Waals surface area (Å²) in [6.45, 7) is 3.66. The first-order valence-electron chi connectivity index (χ1n) is 6.90. The maximum Gasteiger partial charge on any atom is 0.325 e. The summed E-state index contributed by atoms with van der Waals surface area (Å²) in [4.78, 5) is 36.0. The number of amides is 4. The average Bonchev–Trinajstić information content (AvgIpc) is 2.56. The predicted octanol–water partition coefficient (Wildman–Crippen LogP) is -0.0143. The van der Waals surface area contributed by atoms with Gasteiger partial charge in [0.1, 0.15) is 12.1 Å². The molecule has 1 aliphatic heterocycles. The van der Waals surface area contributed by atoms with Gasteiger partial charge < -0.3 is 15.7 Å². The monoisotopic (exact) mass is 285 g/mol. The summed E-state index contributed by atoms with van der Waals surface area (Å²) in [5.74, 6) is -0.728. The summed E-state index contributed by atoms with van der Waals surface area (Å²) < 4.78 is 0. The molecular formula is C13H23N3O4. The molecule has 0 atom stereocenters. The van der Waals surface area contributed by atoms with Gasteiger partial charge in [-0.25, -0.2) is 4.79 Å². The first-order chi connectivity index (χ1) is 9.38. The van der Waals surface area contributed by atoms with E-state index in [0.29, 0.717) is 6.54 Å². The van der Waals surface area contributed by atoms with Gasteiger partial charge in [0.2, 0.25) is 5.91 Å². The van der Waals surface area contributed by atoms with Crippen LogP contribution in [-0.2, 0) is 9.59 Å². The molecule has 20 heavy (non-hydrogen) atoms. The number of urea groups is 1. The van der Waals surface area contributed by atoms with Gasteiger partial charge in [0.15, 0.2) is 0 Å². The fourth-order valence-electron chi connectivity index (χ4n) is 1.98. The van der Waals surface area contributed by atoms with E-state index < -0.39 is 11.6 Å². The van der Waals surface area contributed by atoms with Crippen LogP contribution in [0.25, 0.3) is 0 Å². The molecule has 0 aromatic heterocycles. The van der Waals surface area contributed by atoms with E-state index >= 15 is 0 Å². The van der Waals surface area contributed by atoms with Gasteiger partial charge >= 0.3 is 6.03 Å². The Morgan fingerprint density at radius 3 is 2.45 bits per heavy atom. The van der Waals surface area contributed by atoms with Gasteiger partial charge in [0, 0.05) is 13.2 Å². The van der Waals surface area contributed by atoms with E-state index in [1.54, 1.807) is 13.8 Å². The van der Waals surface area contributed by atoms with Crippen LogP contribution in [0.5, 0.6) is 0 Å². The highest BCUT2D eigenvalue weighted by atomic mass is 16.3. The molecule has 114 valence electrons. The van der Waals surface area contributed by atoms with E-state index in [9.17, 15) is 14.4 Å². The lowest BCUT2D eigenvalue weighted by Gasteiger charge is -2.15. The number of aliphatic hydroxyl groups excluding tert-OH is 1. The van der Waals surface area contributed by atoms with Crippen LogP contribution in [0.4, 0.5) is 4.79 Å². The van der Waals surface area contributed by atoms with Crippen molar-refractivity contribution < 1.29 is 19.5 Å². The standard InChI is InChI=1S/C13H23N3O4/c1-13(2)11(19)16(12(20)15-13)9-10(18)14-7-5-3-4-6-8-17/h17H,3-9H2,1-2H3,(H,14,18)(H,15,20). The summed E-state index contributed by atoms with van der Waals surface area (Å²) in [7, 11) is 0. The molecule has 0 unspecified atom stereocenters. The fourth-order valence-corrected chi connectivity index (χ4v) is 1.98. The zero-order valence-electron chi connectivity index (χ0n) is 12.1. The Labute approximate surface area is 118 Å². The predicted molar refractivity (Wildman–Crippen MR) is 72.9 cm³/mol. The van der Waals surface area contributed by atoms with E-state index in [1.165, 1.54) is 0 Å². The number of aliphatic hydroxyl groups is 1. The molecule has 0 radical (unpaired) electrons. The summed E-state index contributed by atoms with van der Waals surface area (Å²) in [5, 5.41) is 13.8. The van der Waals surface area contributed by atoms with Crippen molar-refractivity contribution in [1.29, 1.82) is 0 Å². The highest BCUT2D eigenvalue weighted by Gasteiger charge is 2.44. The van der Waals surface area contributed by atoms with Crippen molar-refractivity contribution in [2.45, 2.75) is 45.1 Å². The minimum absolute atomic E-state index is 0.189. The van der Waals surface area contributed by atoms with E-state index in [0.717, 1.165) is 30.6 Å². The molecule has 0 spiro atoms. The molecule has 0 aliphatic carbocycles. The van der Waals surface area contributed by atoms with Gasteiger partial charge in [-0.3, -0.25) is 14.5 Å². The summed E-state index contributed by atoms with van der Waals surface area (Å²) in [6.07, 6.45) is 3.44. The SMILES string of the molecule is CC1(C)NC(=O)N(CC(=O)NCCCCCCO)C1=O. The van der Waals surface area contributed by atoms with Crippen LogP contribution in [0.15, 0.2) is 0 Å². The minimum atomic E-state index is -0.943. The molecule has 0 aromatic carbocycles. The molecule has 1 aliphatic rings. The quantitative estimate of drug-likeness (QED) is 0.431. The molecule has 3 N–H and O–H groups in total. The highest BCUT2D eigenvalue weighted by molar-refractivity contribution is 6.08. The van der Waals surface area contributed by atoms with Crippen LogP contribution < -0.4 is 10.6 Å². The summed E-state index contributed by atoms with van der Waals surface area (Å²) >= 11 is 0. The molecule has 1 fully saturated rings. The van der Waals surface area contributed by atoms with Crippen molar-refractivity contribution in [3.05, 3.63) is 0 Å². The van der Waals surface area contributed by atoms with E-state index in [2.05, 4.69) is 10.6 Å². The Balaban J connectivity index is 2.26. The molecule has 7 nitrogen and oxygen atoms in total. The number of unbranched alkanes of at least 4 members (excludes halogenated alkanes) is 3. The molecule has 7 heteroatoms. The fraction of sp³-hybridized carbons (Fsp3) is 0.769. The lowest BCUT2D eigenvalue weighted by Crippen LogP contribution is -2.43. The number of imide groups is 1. The third kappa shape index (κ3) is 4.48. The van der Waals surface area contributed by atoms with Crippen molar-refractivity contribution in [2.75, 3.05) is 19.7 Å². The van der Waals surface area contributed by atoms with Gasteiger partial charge in [-0.2, -0.15) is 0 Å². The van der Waals surface area contributed by atoms with E-state index in [4.69, 9.17) is 5.11 Å². The zero-order valence-corrected chi connectivity index (χ0v) is 12.1. The Morgan fingerprint density at radius 2 is 1.90 bits per heavy atom. The average molecular weight is 285 g/mol. The molecule has 0 aromatic rings. The second-order valence-corrected chi connectivity index (χ2v) is 5.43. The Hall–Kier alpha value is -1.63. The number of nitrogens with zero attached hydrogens (tertiary/aromatic N) is 1. The molecule has 1 heterocycles. The third-order valence-corrected chi connectivity index (χ3v) is 3.15. The number of carbonyl (C=O) groups excluding carboxylic acids is 3. The Bertz CT molecular complexity index is 382. The largest absolute Gasteiger partial charge is 0.396 e. The number of hydrogen-bond acceptors (Lipinski definition) is 4. The number of carbonyl (C=O) groups is 3. The summed E-state index contributed by atoms with van der Waals surface area (Å²) in [6, 6.07) is -0.530. The molecular weight excluding hydrogens is 262 g/mol. The lowest BCUT2D eigenvalue weighted by atomic mass is 10.1. The normalized spacial score (nSPS) is 17.2. The van der Waals surface area contributed by atoms with Gasteiger partial charge in [-0.15, -0.1) is 0 Å². The highest BCUT2D eigenvalue weighted by Crippen LogP contribution is 2.15. The first kappa shape index (κ1) is 16.4. The number of rotatable bonds is 8. The van der Waals surface area contributed by atoms with Gasteiger partial charge in [-0.1, -0.05) is 12.8 Å². The zero-order chi connectivity index (χ0) is 15.2. The third-order valence-electron chi connectivity index (χ3n) is 3.15. The molecule has 0 saturated carbocycles. The summed E-state index contributed by atoms with van der Waals surface area (Å²) in [5.41, 5.74) is -0.943. The number of hydrogen-bond donors (Lipinski definition) is 3. The van der Waals surface area contributed by atoms with Gasteiger partial charge in [-0.05, 0) is 26.7 Å². The maximum atomic E-state index is 11.9. The van der Waals surface area contributed by atoms with Crippen LogP contribution >= 0.6 is 0 Å². The van der Waals surface area contributed by atoms with Crippen LogP contribution in [-0.4, -0.2) is 53.1 Å². The second kappa shape index (κ2) is 7.23. The van der Waals surface area contributed by atoms with Crippen molar-refractivity contribution >= 4 is 17.8 Å². The van der Waals surface area contributed by atoms with Gasteiger partial charge in [0.25, 0.3) is 5.91 Å². The van der Waals surface area contributed by atoms with E-state index in [-0.39, 0.29) is 25.0 Å². The van der Waals surface area contributed by atoms with Crippen LogP contribution in [0.1, 0.15) is 39.5 Å². The van der Waals surface area contributed by atoms with Gasteiger partial charge in [0.05, 0.1) is 0 Å². The van der Waals surface area contributed by atoms with Crippen molar-refractivity contribution in [3.63, 3.8) is 0 Å². The topological polar surface area (TPSA) is 98.7 Å². The molecule has 1 saturated heterocycles. The number of nitrogens with one attached hydrogen (secondary N) is 2. The van der Waals surface area contributed by atoms with Crippen molar-refractivity contribution in [2.24, 2.45) is 0 Å². The second-order valence-electron chi connectivity index (χ2n) is 5.43. The van der Waals surface area contributed by atoms with Crippen LogP contribution in [0.2, 0.25) is 0 Å². The van der Waals surface area contributed by atoms with Crippen molar-refractivity contribution in [1.82, 2.24) is 15.5 Å². The molecule has 4 amide bonds. The first-order valence-corrected chi connectivity index (χ1v) is 6.90. The maximum absolute atomic E-state index is 11.9. The minimum Gasteiger partial charge on any atom is -0.396 e. The smallest absolute Gasteiger partial charge is 0.325 e. The molecule has 1 rings (SSSR count). The molecule has 0 bridgehead atoms. The Morgan fingerprint density at radius 1 is 1.25 bits per heavy atom. The van der Waals surface area contributed by atoms with Crippen LogP contribution in [0, 0.1) is 0 Å². The van der Waals surface area contributed by atoms with Crippen molar-refractivity contribution in [3.8, 4) is 0 Å². The van der Waals surface area contributed by atoms with Crippen LogP contribution in [0.3, 0.4) is 0 Å². The lowest BCUT2D eigenvalue weighted by molar-refractivity contribution is -0.134.